The van der Waals surface area contributed by atoms with E-state index >= 15 is 0 Å². The number of rotatable bonds is 9. The molecule has 0 aromatic heterocycles. The summed E-state index contributed by atoms with van der Waals surface area (Å²) in [5.74, 6) is 1.60. The van der Waals surface area contributed by atoms with Gasteiger partial charge in [0.2, 0.25) is 0 Å². The van der Waals surface area contributed by atoms with Crippen LogP contribution in [-0.4, -0.2) is 33.0 Å². The van der Waals surface area contributed by atoms with Crippen LogP contribution in [0.1, 0.15) is 32.8 Å². The maximum absolute atomic E-state index is 5.95. The summed E-state index contributed by atoms with van der Waals surface area (Å²) in [5.41, 5.74) is 0.936. The zero-order valence-electron chi connectivity index (χ0n) is 13.3. The number of hydrogen-bond donors (Lipinski definition) is 1. The van der Waals surface area contributed by atoms with Crippen molar-refractivity contribution in [2.45, 2.75) is 39.3 Å². The van der Waals surface area contributed by atoms with Crippen LogP contribution in [0.3, 0.4) is 0 Å². The van der Waals surface area contributed by atoms with E-state index in [1.807, 2.05) is 12.1 Å². The second-order valence-electron chi connectivity index (χ2n) is 5.29. The van der Waals surface area contributed by atoms with Crippen molar-refractivity contribution < 1.29 is 14.2 Å². The van der Waals surface area contributed by atoms with Crippen LogP contribution in [0, 0.1) is 0 Å². The first kappa shape index (κ1) is 16.8. The molecule has 0 atom stereocenters. The Balaban J connectivity index is 2.75. The molecule has 4 heteroatoms. The van der Waals surface area contributed by atoms with Crippen molar-refractivity contribution in [1.29, 1.82) is 0 Å². The van der Waals surface area contributed by atoms with Gasteiger partial charge in [0.05, 0.1) is 19.3 Å². The number of ether oxygens (including phenoxy) is 3. The van der Waals surface area contributed by atoms with E-state index in [-0.39, 0.29) is 5.60 Å². The van der Waals surface area contributed by atoms with Crippen molar-refractivity contribution in [3.63, 3.8) is 0 Å². The normalized spacial score (nSPS) is 11.4. The van der Waals surface area contributed by atoms with Gasteiger partial charge in [0.15, 0.2) is 11.5 Å². The van der Waals surface area contributed by atoms with Crippen molar-refractivity contribution in [2.75, 3.05) is 27.4 Å². The van der Waals surface area contributed by atoms with Gasteiger partial charge in [0, 0.05) is 25.6 Å². The molecule has 0 heterocycles. The van der Waals surface area contributed by atoms with Crippen LogP contribution >= 0.6 is 0 Å². The first-order valence-corrected chi connectivity index (χ1v) is 7.08. The van der Waals surface area contributed by atoms with E-state index in [4.69, 9.17) is 14.2 Å². The van der Waals surface area contributed by atoms with Crippen LogP contribution in [0.2, 0.25) is 0 Å². The molecule has 0 amide bonds. The lowest BCUT2D eigenvalue weighted by molar-refractivity contribution is 0.00516. The lowest BCUT2D eigenvalue weighted by Crippen LogP contribution is -2.25. The lowest BCUT2D eigenvalue weighted by Gasteiger charge is -2.23. The molecular formula is C16H27NO3. The number of hydrogen-bond acceptors (Lipinski definition) is 4. The predicted octanol–water partition coefficient (Wildman–Crippen LogP) is 3.00. The SMILES string of the molecule is CCNCc1cccc(OC)c1OCCC(C)(C)OC. The highest BCUT2D eigenvalue weighted by atomic mass is 16.5. The topological polar surface area (TPSA) is 39.7 Å². The molecule has 0 unspecified atom stereocenters. The van der Waals surface area contributed by atoms with Crippen molar-refractivity contribution in [1.82, 2.24) is 5.32 Å². The zero-order chi connectivity index (χ0) is 15.0. The summed E-state index contributed by atoms with van der Waals surface area (Å²) >= 11 is 0. The van der Waals surface area contributed by atoms with E-state index < -0.39 is 0 Å². The molecule has 0 radical (unpaired) electrons. The predicted molar refractivity (Wildman–Crippen MR) is 81.6 cm³/mol. The second kappa shape index (κ2) is 8.12. The summed E-state index contributed by atoms with van der Waals surface area (Å²) in [4.78, 5) is 0. The van der Waals surface area contributed by atoms with Gasteiger partial charge in [-0.05, 0) is 26.5 Å². The minimum absolute atomic E-state index is 0.177. The van der Waals surface area contributed by atoms with E-state index in [0.717, 1.165) is 36.6 Å². The van der Waals surface area contributed by atoms with Crippen molar-refractivity contribution >= 4 is 0 Å². The minimum atomic E-state index is -0.177. The monoisotopic (exact) mass is 281 g/mol. The molecule has 4 nitrogen and oxygen atoms in total. The Hall–Kier alpha value is -1.26. The van der Waals surface area contributed by atoms with Crippen LogP contribution in [0.25, 0.3) is 0 Å². The van der Waals surface area contributed by atoms with Crippen LogP contribution in [0.4, 0.5) is 0 Å². The molecule has 1 aromatic rings. The van der Waals surface area contributed by atoms with Crippen LogP contribution < -0.4 is 14.8 Å². The van der Waals surface area contributed by atoms with E-state index in [1.165, 1.54) is 0 Å². The van der Waals surface area contributed by atoms with Crippen LogP contribution in [-0.2, 0) is 11.3 Å². The molecule has 20 heavy (non-hydrogen) atoms. The summed E-state index contributed by atoms with van der Waals surface area (Å²) < 4.78 is 16.7. The molecule has 0 aliphatic rings. The third-order valence-electron chi connectivity index (χ3n) is 3.35. The number of benzene rings is 1. The van der Waals surface area contributed by atoms with Crippen LogP contribution in [0.15, 0.2) is 18.2 Å². The Kier molecular flexibility index (Phi) is 6.82. The van der Waals surface area contributed by atoms with E-state index in [9.17, 15) is 0 Å². The molecule has 0 spiro atoms. The van der Waals surface area contributed by atoms with E-state index in [2.05, 4.69) is 32.2 Å². The van der Waals surface area contributed by atoms with Gasteiger partial charge in [-0.3, -0.25) is 0 Å². The zero-order valence-corrected chi connectivity index (χ0v) is 13.3. The summed E-state index contributed by atoms with van der Waals surface area (Å²) in [6.45, 7) is 8.49. The van der Waals surface area contributed by atoms with E-state index in [1.54, 1.807) is 14.2 Å². The highest BCUT2D eigenvalue weighted by molar-refractivity contribution is 5.46. The third kappa shape index (κ3) is 5.02. The Morgan fingerprint density at radius 2 is 1.95 bits per heavy atom. The molecule has 0 fully saturated rings. The fourth-order valence-electron chi connectivity index (χ4n) is 1.79. The minimum Gasteiger partial charge on any atom is -0.493 e. The molecular weight excluding hydrogens is 254 g/mol. The Morgan fingerprint density at radius 1 is 1.20 bits per heavy atom. The Labute approximate surface area is 122 Å². The lowest BCUT2D eigenvalue weighted by atomic mass is 10.1. The molecule has 0 saturated carbocycles. The third-order valence-corrected chi connectivity index (χ3v) is 3.35. The summed E-state index contributed by atoms with van der Waals surface area (Å²) in [6, 6.07) is 5.96. The largest absolute Gasteiger partial charge is 0.493 e. The number of methoxy groups -OCH3 is 2. The maximum Gasteiger partial charge on any atom is 0.165 e. The highest BCUT2D eigenvalue weighted by Crippen LogP contribution is 2.31. The van der Waals surface area contributed by atoms with Gasteiger partial charge in [-0.1, -0.05) is 19.1 Å². The molecule has 114 valence electrons. The summed E-state index contributed by atoms with van der Waals surface area (Å²) in [7, 11) is 3.39. The second-order valence-corrected chi connectivity index (χ2v) is 5.29. The van der Waals surface area contributed by atoms with Gasteiger partial charge in [0.1, 0.15) is 0 Å². The molecule has 0 aliphatic heterocycles. The molecule has 1 aromatic carbocycles. The van der Waals surface area contributed by atoms with Gasteiger partial charge >= 0.3 is 0 Å². The fourth-order valence-corrected chi connectivity index (χ4v) is 1.79. The van der Waals surface area contributed by atoms with Crippen molar-refractivity contribution in [3.05, 3.63) is 23.8 Å². The van der Waals surface area contributed by atoms with Crippen LogP contribution in [0.5, 0.6) is 11.5 Å². The molecule has 1 N–H and O–H groups in total. The fraction of sp³-hybridized carbons (Fsp3) is 0.625. The molecule has 1 rings (SSSR count). The molecule has 0 bridgehead atoms. The number of nitrogens with one attached hydrogen (secondary N) is 1. The first-order valence-electron chi connectivity index (χ1n) is 7.08. The Morgan fingerprint density at radius 3 is 2.55 bits per heavy atom. The highest BCUT2D eigenvalue weighted by Gasteiger charge is 2.17. The average molecular weight is 281 g/mol. The van der Waals surface area contributed by atoms with Gasteiger partial charge in [0.25, 0.3) is 0 Å². The van der Waals surface area contributed by atoms with Gasteiger partial charge in [-0.15, -0.1) is 0 Å². The molecule has 0 saturated heterocycles. The average Bonchev–Trinajstić information content (AvgIpc) is 2.45. The van der Waals surface area contributed by atoms with Gasteiger partial charge < -0.3 is 19.5 Å². The standard InChI is InChI=1S/C16H27NO3/c1-6-17-12-13-8-7-9-14(18-4)15(13)20-11-10-16(2,3)19-5/h7-9,17H,6,10-12H2,1-5H3. The summed E-state index contributed by atoms with van der Waals surface area (Å²) in [6.07, 6.45) is 0.822. The maximum atomic E-state index is 5.95. The Bertz CT molecular complexity index is 405. The van der Waals surface area contributed by atoms with Gasteiger partial charge in [-0.25, -0.2) is 0 Å². The molecule has 0 aliphatic carbocycles. The first-order chi connectivity index (χ1) is 9.54. The summed E-state index contributed by atoms with van der Waals surface area (Å²) in [5, 5.41) is 3.31. The van der Waals surface area contributed by atoms with Crippen molar-refractivity contribution in [2.24, 2.45) is 0 Å². The number of para-hydroxylation sites is 1. The van der Waals surface area contributed by atoms with Gasteiger partial charge in [-0.2, -0.15) is 0 Å². The quantitative estimate of drug-likeness (QED) is 0.755. The van der Waals surface area contributed by atoms with E-state index in [0.29, 0.717) is 6.61 Å². The smallest absolute Gasteiger partial charge is 0.165 e. The van der Waals surface area contributed by atoms with Crippen molar-refractivity contribution in [3.8, 4) is 11.5 Å².